The number of rotatable bonds is 6. The minimum absolute atomic E-state index is 0.0648. The Balaban J connectivity index is 1.18. The van der Waals surface area contributed by atoms with Gasteiger partial charge in [-0.2, -0.15) is 5.10 Å². The highest BCUT2D eigenvalue weighted by Gasteiger charge is 2.32. The van der Waals surface area contributed by atoms with Crippen LogP contribution in [0.15, 0.2) is 48.5 Å². The molecule has 0 saturated carbocycles. The van der Waals surface area contributed by atoms with Crippen LogP contribution >= 0.6 is 0 Å². The molecule has 0 radical (unpaired) electrons. The van der Waals surface area contributed by atoms with Crippen molar-refractivity contribution in [2.75, 3.05) is 43.0 Å². The Morgan fingerprint density at radius 3 is 2.50 bits per heavy atom. The smallest absolute Gasteiger partial charge is 0.255 e. The molecule has 2 N–H and O–H groups in total. The first-order chi connectivity index (χ1) is 17.3. The first kappa shape index (κ1) is 24.1. The zero-order chi connectivity index (χ0) is 25.3. The first-order valence-electron chi connectivity index (χ1n) is 11.9. The molecule has 0 spiro atoms. The average Bonchev–Trinajstić information content (AvgIpc) is 3.29. The number of amides is 2. The van der Waals surface area contributed by atoms with E-state index in [1.807, 2.05) is 42.5 Å². The van der Waals surface area contributed by atoms with Gasteiger partial charge in [-0.3, -0.25) is 19.6 Å². The van der Waals surface area contributed by atoms with E-state index < -0.39 is 9.84 Å². The van der Waals surface area contributed by atoms with Crippen LogP contribution in [0.25, 0.3) is 11.4 Å². The normalized spacial score (nSPS) is 18.0. The monoisotopic (exact) mass is 508 g/mol. The summed E-state index contributed by atoms with van der Waals surface area (Å²) in [6.07, 6.45) is 0. The summed E-state index contributed by atoms with van der Waals surface area (Å²) in [5.74, 6) is 1.72. The first-order valence-corrected chi connectivity index (χ1v) is 13.7. The summed E-state index contributed by atoms with van der Waals surface area (Å²) in [6.45, 7) is 4.48. The second-order valence-corrected chi connectivity index (χ2v) is 11.6. The highest BCUT2D eigenvalue weighted by Crippen LogP contribution is 2.26. The molecule has 0 aliphatic carbocycles. The molecule has 2 amide bonds. The Bertz CT molecular complexity index is 1370. The van der Waals surface area contributed by atoms with Crippen LogP contribution in [0.3, 0.4) is 0 Å². The maximum absolute atomic E-state index is 12.8. The Morgan fingerprint density at radius 1 is 1.08 bits per heavy atom. The van der Waals surface area contributed by atoms with Crippen molar-refractivity contribution in [1.82, 2.24) is 25.0 Å². The largest absolute Gasteiger partial charge is 0.341 e. The Hall–Kier alpha value is -3.57. The van der Waals surface area contributed by atoms with E-state index in [9.17, 15) is 18.0 Å². The van der Waals surface area contributed by atoms with Crippen LogP contribution in [0.4, 0.5) is 5.69 Å². The zero-order valence-electron chi connectivity index (χ0n) is 20.0. The maximum Gasteiger partial charge on any atom is 0.255 e. The fraction of sp³-hybridized carbons (Fsp3) is 0.360. The van der Waals surface area contributed by atoms with Gasteiger partial charge in [0, 0.05) is 56.5 Å². The average molecular weight is 509 g/mol. The predicted molar refractivity (Wildman–Crippen MR) is 135 cm³/mol. The predicted octanol–water partition coefficient (Wildman–Crippen LogP) is 1.90. The van der Waals surface area contributed by atoms with Crippen molar-refractivity contribution in [1.29, 1.82) is 0 Å². The zero-order valence-corrected chi connectivity index (χ0v) is 20.8. The van der Waals surface area contributed by atoms with Crippen molar-refractivity contribution >= 4 is 27.3 Å². The Labute approximate surface area is 209 Å². The highest BCUT2D eigenvalue weighted by molar-refractivity contribution is 7.91. The summed E-state index contributed by atoms with van der Waals surface area (Å²) in [6, 6.07) is 14.7. The molecule has 188 valence electrons. The number of aromatic nitrogens is 3. The molecule has 2 aliphatic heterocycles. The van der Waals surface area contributed by atoms with Crippen LogP contribution in [-0.4, -0.2) is 82.9 Å². The van der Waals surface area contributed by atoms with Crippen molar-refractivity contribution in [3.05, 3.63) is 65.5 Å². The molecule has 3 heterocycles. The third-order valence-corrected chi connectivity index (χ3v) is 8.26. The van der Waals surface area contributed by atoms with Gasteiger partial charge in [-0.1, -0.05) is 12.1 Å². The molecule has 11 heteroatoms. The number of aromatic amines is 1. The van der Waals surface area contributed by atoms with E-state index in [1.165, 1.54) is 0 Å². The lowest BCUT2D eigenvalue weighted by Crippen LogP contribution is -2.47. The molecular weight excluding hydrogens is 480 g/mol. The number of likely N-dealkylation sites (tertiary alicyclic amines) is 1. The Kier molecular flexibility index (Phi) is 6.59. The van der Waals surface area contributed by atoms with E-state index in [4.69, 9.17) is 0 Å². The maximum atomic E-state index is 12.8. The van der Waals surface area contributed by atoms with Crippen LogP contribution in [0.1, 0.15) is 34.6 Å². The summed E-state index contributed by atoms with van der Waals surface area (Å²) in [4.78, 5) is 32.6. The fourth-order valence-corrected chi connectivity index (χ4v) is 5.65. The van der Waals surface area contributed by atoms with E-state index in [2.05, 4.69) is 25.4 Å². The van der Waals surface area contributed by atoms with Gasteiger partial charge in [0.25, 0.3) is 5.91 Å². The van der Waals surface area contributed by atoms with Gasteiger partial charge in [-0.05, 0) is 42.0 Å². The summed E-state index contributed by atoms with van der Waals surface area (Å²) in [7, 11) is -2.92. The van der Waals surface area contributed by atoms with Crippen LogP contribution in [0.2, 0.25) is 0 Å². The number of nitrogens with one attached hydrogen (secondary N) is 2. The van der Waals surface area contributed by atoms with Crippen molar-refractivity contribution in [3.8, 4) is 11.4 Å². The second kappa shape index (κ2) is 9.82. The Morgan fingerprint density at radius 2 is 1.81 bits per heavy atom. The molecule has 3 aromatic rings. The molecule has 1 aromatic heterocycles. The molecular formula is C25H28N6O4S. The standard InChI is InChI=1S/C25H28N6O4S/c1-17(32)31-15-21(16-31)24-27-23(28-29-24)19-5-7-22(8-6-19)26-25(33)20-4-2-3-18(13-20)14-30-9-11-36(34,35)12-10-30/h2-8,13,21H,9-12,14-16H2,1H3,(H,26,33)(H,27,28,29). The van der Waals surface area contributed by atoms with Gasteiger partial charge < -0.3 is 10.2 Å². The number of benzene rings is 2. The van der Waals surface area contributed by atoms with Crippen molar-refractivity contribution in [3.63, 3.8) is 0 Å². The number of carbonyl (C=O) groups excluding carboxylic acids is 2. The van der Waals surface area contributed by atoms with E-state index >= 15 is 0 Å². The van der Waals surface area contributed by atoms with E-state index in [0.717, 1.165) is 17.0 Å². The molecule has 10 nitrogen and oxygen atoms in total. The molecule has 36 heavy (non-hydrogen) atoms. The van der Waals surface area contributed by atoms with E-state index in [1.54, 1.807) is 17.9 Å². The van der Waals surface area contributed by atoms with Crippen LogP contribution < -0.4 is 5.32 Å². The number of H-pyrrole nitrogens is 1. The minimum Gasteiger partial charge on any atom is -0.341 e. The number of carbonyl (C=O) groups is 2. The van der Waals surface area contributed by atoms with Crippen molar-refractivity contribution in [2.24, 2.45) is 0 Å². The summed E-state index contributed by atoms with van der Waals surface area (Å²) < 4.78 is 23.3. The van der Waals surface area contributed by atoms with Gasteiger partial charge >= 0.3 is 0 Å². The summed E-state index contributed by atoms with van der Waals surface area (Å²) in [5, 5.41) is 10.2. The molecule has 2 fully saturated rings. The van der Waals surface area contributed by atoms with Crippen molar-refractivity contribution < 1.29 is 18.0 Å². The number of hydrogen-bond acceptors (Lipinski definition) is 7. The van der Waals surface area contributed by atoms with Crippen LogP contribution in [0.5, 0.6) is 0 Å². The van der Waals surface area contributed by atoms with Gasteiger partial charge in [0.2, 0.25) is 5.91 Å². The lowest BCUT2D eigenvalue weighted by Gasteiger charge is -2.37. The minimum atomic E-state index is -2.92. The molecule has 0 unspecified atom stereocenters. The number of anilines is 1. The van der Waals surface area contributed by atoms with Crippen LogP contribution in [-0.2, 0) is 21.2 Å². The van der Waals surface area contributed by atoms with Gasteiger partial charge in [-0.15, -0.1) is 0 Å². The molecule has 2 aliphatic rings. The summed E-state index contributed by atoms with van der Waals surface area (Å²) >= 11 is 0. The third kappa shape index (κ3) is 5.47. The van der Waals surface area contributed by atoms with Gasteiger partial charge in [0.05, 0.1) is 17.4 Å². The van der Waals surface area contributed by atoms with Gasteiger partial charge in [0.1, 0.15) is 5.82 Å². The van der Waals surface area contributed by atoms with E-state index in [0.29, 0.717) is 49.8 Å². The molecule has 5 rings (SSSR count). The van der Waals surface area contributed by atoms with Crippen LogP contribution in [0, 0.1) is 0 Å². The summed E-state index contributed by atoms with van der Waals surface area (Å²) in [5.41, 5.74) is 2.99. The third-order valence-electron chi connectivity index (χ3n) is 6.65. The topological polar surface area (TPSA) is 128 Å². The lowest BCUT2D eigenvalue weighted by atomic mass is 9.99. The van der Waals surface area contributed by atoms with E-state index in [-0.39, 0.29) is 29.2 Å². The number of hydrogen-bond donors (Lipinski definition) is 2. The van der Waals surface area contributed by atoms with Crippen molar-refractivity contribution in [2.45, 2.75) is 19.4 Å². The number of nitrogens with zero attached hydrogens (tertiary/aromatic N) is 4. The lowest BCUT2D eigenvalue weighted by molar-refractivity contribution is -0.133. The number of sulfone groups is 1. The molecule has 2 saturated heterocycles. The SMILES string of the molecule is CC(=O)N1CC(c2nc(-c3ccc(NC(=O)c4cccc(CN5CCS(=O)(=O)CC5)c4)cc3)n[nH]2)C1. The fourth-order valence-electron chi connectivity index (χ4n) is 4.38. The quantitative estimate of drug-likeness (QED) is 0.520. The molecule has 0 atom stereocenters. The second-order valence-electron chi connectivity index (χ2n) is 9.33. The molecule has 0 bridgehead atoms. The van der Waals surface area contributed by atoms with Gasteiger partial charge in [0.15, 0.2) is 15.7 Å². The molecule has 2 aromatic carbocycles. The highest BCUT2D eigenvalue weighted by atomic mass is 32.2. The van der Waals surface area contributed by atoms with Gasteiger partial charge in [-0.25, -0.2) is 13.4 Å².